The number of carbonyl (C=O) groups is 2. The summed E-state index contributed by atoms with van der Waals surface area (Å²) in [7, 11) is 0. The second kappa shape index (κ2) is 9.54. The average Bonchev–Trinajstić information content (AvgIpc) is 3.50. The molecule has 2 amide bonds. The minimum Gasteiger partial charge on any atom is -0.454 e. The molecule has 9 heteroatoms. The first-order chi connectivity index (χ1) is 17.0. The van der Waals surface area contributed by atoms with E-state index >= 15 is 0 Å². The third-order valence-corrected chi connectivity index (χ3v) is 6.19. The lowest BCUT2D eigenvalue weighted by atomic mass is 10.1. The molecule has 5 rings (SSSR count). The summed E-state index contributed by atoms with van der Waals surface area (Å²) in [6.07, 6.45) is 4.32. The van der Waals surface area contributed by atoms with Crippen LogP contribution in [0.3, 0.4) is 0 Å². The molecule has 0 radical (unpaired) electrons. The van der Waals surface area contributed by atoms with Gasteiger partial charge in [-0.3, -0.25) is 14.4 Å². The van der Waals surface area contributed by atoms with E-state index in [-0.39, 0.29) is 36.7 Å². The normalized spacial score (nSPS) is 12.3. The Morgan fingerprint density at radius 2 is 1.86 bits per heavy atom. The van der Waals surface area contributed by atoms with Crippen LogP contribution in [0.2, 0.25) is 0 Å². The molecule has 0 saturated carbocycles. The molecule has 0 aliphatic carbocycles. The number of H-pyrrole nitrogens is 1. The summed E-state index contributed by atoms with van der Waals surface area (Å²) in [5, 5.41) is 7.11. The minimum atomic E-state index is -0.511. The van der Waals surface area contributed by atoms with Crippen LogP contribution in [0.1, 0.15) is 29.3 Å². The van der Waals surface area contributed by atoms with Crippen molar-refractivity contribution in [2.24, 2.45) is 0 Å². The molecule has 0 atom stereocenters. The second-order valence-electron chi connectivity index (χ2n) is 8.35. The van der Waals surface area contributed by atoms with Gasteiger partial charge in [-0.2, -0.15) is 0 Å². The van der Waals surface area contributed by atoms with Crippen LogP contribution in [0.4, 0.5) is 0 Å². The molecule has 2 aromatic heterocycles. The number of hydrogen-bond acceptors (Lipinski definition) is 5. The molecule has 2 aromatic carbocycles. The smallest absolute Gasteiger partial charge is 0.256 e. The van der Waals surface area contributed by atoms with Crippen LogP contribution in [0.15, 0.2) is 53.6 Å². The van der Waals surface area contributed by atoms with Crippen molar-refractivity contribution in [3.8, 4) is 11.5 Å². The lowest BCUT2D eigenvalue weighted by Crippen LogP contribution is -2.34. The van der Waals surface area contributed by atoms with E-state index in [0.29, 0.717) is 41.9 Å². The number of aryl methyl sites for hydroxylation is 1. The molecule has 3 N–H and O–H groups in total. The first-order valence-corrected chi connectivity index (χ1v) is 11.6. The third kappa shape index (κ3) is 4.44. The Morgan fingerprint density at radius 3 is 2.69 bits per heavy atom. The second-order valence-corrected chi connectivity index (χ2v) is 8.35. The van der Waals surface area contributed by atoms with Crippen LogP contribution in [0.25, 0.3) is 21.8 Å². The van der Waals surface area contributed by atoms with E-state index in [9.17, 15) is 14.4 Å². The number of carbonyl (C=O) groups excluding carboxylic acids is 2. The topological polar surface area (TPSA) is 114 Å². The van der Waals surface area contributed by atoms with Gasteiger partial charge < -0.3 is 29.7 Å². The maximum Gasteiger partial charge on any atom is 0.256 e. The van der Waals surface area contributed by atoms with Crippen LogP contribution >= 0.6 is 0 Å². The number of benzene rings is 2. The number of aromatic amines is 1. The molecule has 0 bridgehead atoms. The van der Waals surface area contributed by atoms with Gasteiger partial charge in [0, 0.05) is 55.4 Å². The maximum atomic E-state index is 13.0. The molecule has 1 aliphatic rings. The zero-order valence-electron chi connectivity index (χ0n) is 19.3. The standard InChI is InChI=1S/C26H26N4O5/c1-2-30-14-19(25(32)18-11-22-23(12-21(18)30)35-15-34-22)26(33)28-10-8-24(31)27-9-7-16-13-29-20-6-4-3-5-17(16)20/h3-6,11-14,29H,2,7-10,15H2,1H3,(H,27,31)(H,28,33). The monoisotopic (exact) mass is 474 g/mol. The molecule has 0 fully saturated rings. The van der Waals surface area contributed by atoms with Crippen molar-refractivity contribution >= 4 is 33.6 Å². The number of pyridine rings is 1. The Hall–Kier alpha value is -4.27. The summed E-state index contributed by atoms with van der Waals surface area (Å²) in [5.41, 5.74) is 2.52. The minimum absolute atomic E-state index is 0.0259. The number of hydrogen-bond donors (Lipinski definition) is 3. The Morgan fingerprint density at radius 1 is 1.06 bits per heavy atom. The molecule has 1 aliphatic heterocycles. The lowest BCUT2D eigenvalue weighted by Gasteiger charge is -2.12. The van der Waals surface area contributed by atoms with Crippen molar-refractivity contribution in [1.29, 1.82) is 0 Å². The van der Waals surface area contributed by atoms with Gasteiger partial charge in [-0.05, 0) is 31.0 Å². The molecule has 3 heterocycles. The number of ether oxygens (including phenoxy) is 2. The van der Waals surface area contributed by atoms with Crippen molar-refractivity contribution in [2.45, 2.75) is 26.3 Å². The summed E-state index contributed by atoms with van der Waals surface area (Å²) < 4.78 is 12.6. The molecule has 4 aromatic rings. The van der Waals surface area contributed by atoms with Crippen LogP contribution < -0.4 is 25.5 Å². The maximum absolute atomic E-state index is 13.0. The zero-order chi connectivity index (χ0) is 24.4. The van der Waals surface area contributed by atoms with Crippen molar-refractivity contribution in [1.82, 2.24) is 20.2 Å². The summed E-state index contributed by atoms with van der Waals surface area (Å²) in [6.45, 7) is 3.22. The highest BCUT2D eigenvalue weighted by Crippen LogP contribution is 2.35. The van der Waals surface area contributed by atoms with Gasteiger partial charge in [-0.15, -0.1) is 0 Å². The van der Waals surface area contributed by atoms with Gasteiger partial charge in [0.1, 0.15) is 5.56 Å². The first kappa shape index (κ1) is 22.5. The molecule has 0 spiro atoms. The van der Waals surface area contributed by atoms with Crippen LogP contribution in [0, 0.1) is 0 Å². The molecule has 35 heavy (non-hydrogen) atoms. The van der Waals surface area contributed by atoms with Gasteiger partial charge in [0.05, 0.1) is 10.9 Å². The number of aromatic nitrogens is 2. The first-order valence-electron chi connectivity index (χ1n) is 11.6. The van der Waals surface area contributed by atoms with Crippen molar-refractivity contribution < 1.29 is 19.1 Å². The van der Waals surface area contributed by atoms with Gasteiger partial charge in [0.25, 0.3) is 5.91 Å². The number of fused-ring (bicyclic) bond motifs is 3. The van der Waals surface area contributed by atoms with Crippen molar-refractivity contribution in [3.63, 3.8) is 0 Å². The van der Waals surface area contributed by atoms with E-state index in [4.69, 9.17) is 9.47 Å². The highest BCUT2D eigenvalue weighted by atomic mass is 16.7. The van der Waals surface area contributed by atoms with Crippen molar-refractivity contribution in [3.05, 3.63) is 70.1 Å². The molecule has 180 valence electrons. The van der Waals surface area contributed by atoms with E-state index < -0.39 is 5.91 Å². The number of nitrogens with zero attached hydrogens (tertiary/aromatic N) is 1. The predicted octanol–water partition coefficient (Wildman–Crippen LogP) is 2.71. The molecular weight excluding hydrogens is 448 g/mol. The van der Waals surface area contributed by atoms with Gasteiger partial charge >= 0.3 is 0 Å². The Labute approximate surface area is 201 Å². The number of nitrogens with one attached hydrogen (secondary N) is 3. The van der Waals surface area contributed by atoms with Gasteiger partial charge in [0.2, 0.25) is 18.1 Å². The van der Waals surface area contributed by atoms with E-state index in [1.807, 2.05) is 42.0 Å². The fraction of sp³-hybridized carbons (Fsp3) is 0.269. The predicted molar refractivity (Wildman–Crippen MR) is 132 cm³/mol. The zero-order valence-corrected chi connectivity index (χ0v) is 19.3. The fourth-order valence-corrected chi connectivity index (χ4v) is 4.35. The molecule has 0 unspecified atom stereocenters. The molecule has 9 nitrogen and oxygen atoms in total. The van der Waals surface area contributed by atoms with E-state index in [1.54, 1.807) is 18.3 Å². The van der Waals surface area contributed by atoms with E-state index in [2.05, 4.69) is 15.6 Å². The Bertz CT molecular complexity index is 1490. The summed E-state index contributed by atoms with van der Waals surface area (Å²) in [5.74, 6) is 0.386. The third-order valence-electron chi connectivity index (χ3n) is 6.19. The largest absolute Gasteiger partial charge is 0.454 e. The van der Waals surface area contributed by atoms with Crippen LogP contribution in [0.5, 0.6) is 11.5 Å². The van der Waals surface area contributed by atoms with Gasteiger partial charge in [-0.1, -0.05) is 18.2 Å². The lowest BCUT2D eigenvalue weighted by molar-refractivity contribution is -0.120. The van der Waals surface area contributed by atoms with Gasteiger partial charge in [0.15, 0.2) is 11.5 Å². The highest BCUT2D eigenvalue weighted by Gasteiger charge is 2.20. The summed E-state index contributed by atoms with van der Waals surface area (Å²) in [6, 6.07) is 11.4. The summed E-state index contributed by atoms with van der Waals surface area (Å²) in [4.78, 5) is 41.3. The Kier molecular flexibility index (Phi) is 6.13. The van der Waals surface area contributed by atoms with Gasteiger partial charge in [-0.25, -0.2) is 0 Å². The van der Waals surface area contributed by atoms with Crippen molar-refractivity contribution in [2.75, 3.05) is 19.9 Å². The quantitative estimate of drug-likeness (QED) is 0.363. The number of para-hydroxylation sites is 1. The Balaban J connectivity index is 1.18. The molecule has 0 saturated heterocycles. The number of rotatable bonds is 8. The average molecular weight is 475 g/mol. The molecular formula is C26H26N4O5. The van der Waals surface area contributed by atoms with Crippen LogP contribution in [-0.2, 0) is 17.8 Å². The SMILES string of the molecule is CCn1cc(C(=O)NCCC(=O)NCCc2c[nH]c3ccccc23)c(=O)c2cc3c(cc21)OCO3. The number of amides is 2. The fourth-order valence-electron chi connectivity index (χ4n) is 4.35. The summed E-state index contributed by atoms with van der Waals surface area (Å²) >= 11 is 0. The highest BCUT2D eigenvalue weighted by molar-refractivity contribution is 5.98. The van der Waals surface area contributed by atoms with E-state index in [1.165, 1.54) is 0 Å². The van der Waals surface area contributed by atoms with E-state index in [0.717, 1.165) is 16.5 Å². The van der Waals surface area contributed by atoms with Crippen LogP contribution in [-0.4, -0.2) is 41.2 Å².